The van der Waals surface area contributed by atoms with E-state index in [-0.39, 0.29) is 5.91 Å². The Bertz CT molecular complexity index is 1420. The lowest BCUT2D eigenvalue weighted by Crippen LogP contribution is -2.40. The second kappa shape index (κ2) is 9.58. The van der Waals surface area contributed by atoms with Crippen molar-refractivity contribution in [1.82, 2.24) is 29.5 Å². The Morgan fingerprint density at radius 1 is 1.08 bits per heavy atom. The molecule has 2 aromatic carbocycles. The normalized spacial score (nSPS) is 13.2. The molecule has 3 heterocycles. The second-order valence-electron chi connectivity index (χ2n) is 9.71. The van der Waals surface area contributed by atoms with Gasteiger partial charge in [-0.15, -0.1) is 0 Å². The van der Waals surface area contributed by atoms with Crippen molar-refractivity contribution in [3.05, 3.63) is 64.8 Å². The van der Waals surface area contributed by atoms with E-state index in [1.807, 2.05) is 43.1 Å². The van der Waals surface area contributed by atoms with Crippen molar-refractivity contribution in [1.29, 1.82) is 0 Å². The highest BCUT2D eigenvalue weighted by atomic mass is 16.2. The van der Waals surface area contributed by atoms with E-state index in [0.717, 1.165) is 57.9 Å². The summed E-state index contributed by atoms with van der Waals surface area (Å²) >= 11 is 0. The highest BCUT2D eigenvalue weighted by Gasteiger charge is 2.21. The van der Waals surface area contributed by atoms with E-state index in [2.05, 4.69) is 58.8 Å². The Morgan fingerprint density at radius 2 is 1.86 bits per heavy atom. The number of rotatable bonds is 6. The van der Waals surface area contributed by atoms with Crippen molar-refractivity contribution in [2.45, 2.75) is 26.8 Å². The number of benzene rings is 2. The maximum absolute atomic E-state index is 12.5. The minimum absolute atomic E-state index is 0.152. The van der Waals surface area contributed by atoms with Crippen LogP contribution >= 0.6 is 0 Å². The van der Waals surface area contributed by atoms with Gasteiger partial charge in [-0.05, 0) is 68.8 Å². The first-order valence-electron chi connectivity index (χ1n) is 12.1. The van der Waals surface area contributed by atoms with Crippen LogP contribution in [0.3, 0.4) is 0 Å². The SMILES string of the molecule is Cc1cccc(C)c1Nc1nn(C)c2nc(Nc3ccc4c(c3)CN(C(=O)CN(C)C)CC4)ncc12. The molecule has 0 radical (unpaired) electrons. The third-order valence-corrected chi connectivity index (χ3v) is 6.58. The zero-order valence-corrected chi connectivity index (χ0v) is 21.5. The van der Waals surface area contributed by atoms with Gasteiger partial charge < -0.3 is 20.4 Å². The number of hydrogen-bond donors (Lipinski definition) is 2. The van der Waals surface area contributed by atoms with E-state index < -0.39 is 0 Å². The molecular weight excluding hydrogens is 452 g/mol. The molecule has 0 saturated heterocycles. The molecule has 0 unspecified atom stereocenters. The average molecular weight is 485 g/mol. The van der Waals surface area contributed by atoms with Crippen LogP contribution in [-0.4, -0.2) is 62.6 Å². The lowest BCUT2D eigenvalue weighted by atomic mass is 9.99. The van der Waals surface area contributed by atoms with Crippen LogP contribution in [0.1, 0.15) is 22.3 Å². The maximum atomic E-state index is 12.5. The molecule has 9 heteroatoms. The smallest absolute Gasteiger partial charge is 0.237 e. The van der Waals surface area contributed by atoms with Crippen LogP contribution in [0.5, 0.6) is 0 Å². The van der Waals surface area contributed by atoms with Crippen LogP contribution in [0.4, 0.5) is 23.1 Å². The minimum Gasteiger partial charge on any atom is -0.338 e. The van der Waals surface area contributed by atoms with Gasteiger partial charge in [0.25, 0.3) is 0 Å². The highest BCUT2D eigenvalue weighted by molar-refractivity contribution is 5.90. The van der Waals surface area contributed by atoms with Crippen LogP contribution < -0.4 is 10.6 Å². The van der Waals surface area contributed by atoms with Gasteiger partial charge in [0.2, 0.25) is 11.9 Å². The van der Waals surface area contributed by atoms with Crippen LogP contribution in [0.25, 0.3) is 11.0 Å². The summed E-state index contributed by atoms with van der Waals surface area (Å²) in [6.07, 6.45) is 2.66. The summed E-state index contributed by atoms with van der Waals surface area (Å²) in [5, 5.41) is 12.3. The van der Waals surface area contributed by atoms with E-state index in [1.54, 1.807) is 10.9 Å². The Kier molecular flexibility index (Phi) is 6.32. The molecule has 0 bridgehead atoms. The van der Waals surface area contributed by atoms with Gasteiger partial charge in [-0.2, -0.15) is 10.1 Å². The highest BCUT2D eigenvalue weighted by Crippen LogP contribution is 2.29. The number of para-hydroxylation sites is 1. The summed E-state index contributed by atoms with van der Waals surface area (Å²) in [6, 6.07) is 12.5. The monoisotopic (exact) mass is 484 g/mol. The van der Waals surface area contributed by atoms with Gasteiger partial charge in [0.1, 0.15) is 0 Å². The number of amides is 1. The predicted molar refractivity (Wildman–Crippen MR) is 143 cm³/mol. The first kappa shape index (κ1) is 23.7. The maximum Gasteiger partial charge on any atom is 0.237 e. The van der Waals surface area contributed by atoms with Crippen LogP contribution in [0.15, 0.2) is 42.6 Å². The average Bonchev–Trinajstić information content (AvgIpc) is 3.15. The first-order valence-corrected chi connectivity index (χ1v) is 12.1. The molecule has 186 valence electrons. The van der Waals surface area contributed by atoms with E-state index in [9.17, 15) is 4.79 Å². The number of hydrogen-bond acceptors (Lipinski definition) is 7. The standard InChI is InChI=1S/C27H32N8O/c1-17-7-6-8-18(2)24(17)30-25-22-14-28-27(31-26(22)34(5)32-25)29-21-10-9-19-11-12-35(15-20(19)13-21)23(36)16-33(3)4/h6-10,13-14H,11-12,15-16H2,1-5H3,(H,30,32)(H,28,29,31). The van der Waals surface area contributed by atoms with Gasteiger partial charge >= 0.3 is 0 Å². The number of aromatic nitrogens is 4. The van der Waals surface area contributed by atoms with E-state index in [0.29, 0.717) is 19.0 Å². The first-order chi connectivity index (χ1) is 17.3. The predicted octanol–water partition coefficient (Wildman–Crippen LogP) is 3.91. The molecule has 0 atom stereocenters. The molecule has 2 aromatic heterocycles. The van der Waals surface area contributed by atoms with Crippen molar-refractivity contribution in [3.8, 4) is 0 Å². The quantitative estimate of drug-likeness (QED) is 0.429. The molecule has 1 aliphatic heterocycles. The molecule has 9 nitrogen and oxygen atoms in total. The largest absolute Gasteiger partial charge is 0.338 e. The van der Waals surface area contributed by atoms with Crippen molar-refractivity contribution >= 4 is 40.1 Å². The molecule has 0 fully saturated rings. The number of anilines is 4. The summed E-state index contributed by atoms with van der Waals surface area (Å²) in [7, 11) is 5.71. The molecule has 0 aliphatic carbocycles. The fraction of sp³-hybridized carbons (Fsp3) is 0.333. The van der Waals surface area contributed by atoms with Crippen LogP contribution in [0.2, 0.25) is 0 Å². The number of carbonyl (C=O) groups excluding carboxylic acids is 1. The van der Waals surface area contributed by atoms with Crippen molar-refractivity contribution < 1.29 is 4.79 Å². The number of likely N-dealkylation sites (N-methyl/N-ethyl adjacent to an activating group) is 1. The fourth-order valence-corrected chi connectivity index (χ4v) is 4.67. The molecule has 0 saturated carbocycles. The van der Waals surface area contributed by atoms with Crippen molar-refractivity contribution in [3.63, 3.8) is 0 Å². The molecule has 36 heavy (non-hydrogen) atoms. The number of nitrogens with zero attached hydrogens (tertiary/aromatic N) is 6. The molecule has 0 spiro atoms. The van der Waals surface area contributed by atoms with Crippen LogP contribution in [-0.2, 0) is 24.8 Å². The van der Waals surface area contributed by atoms with Gasteiger partial charge in [-0.3, -0.25) is 4.79 Å². The molecule has 1 aliphatic rings. The van der Waals surface area contributed by atoms with Gasteiger partial charge in [0.15, 0.2) is 11.5 Å². The second-order valence-corrected chi connectivity index (χ2v) is 9.71. The molecule has 1 amide bonds. The minimum atomic E-state index is 0.152. The third-order valence-electron chi connectivity index (χ3n) is 6.58. The van der Waals surface area contributed by atoms with E-state index in [4.69, 9.17) is 4.98 Å². The zero-order chi connectivity index (χ0) is 25.4. The Labute approximate surface area is 211 Å². The van der Waals surface area contributed by atoms with Crippen molar-refractivity contribution in [2.24, 2.45) is 7.05 Å². The van der Waals surface area contributed by atoms with Crippen molar-refractivity contribution in [2.75, 3.05) is 37.8 Å². The molecular formula is C27H32N8O. The number of fused-ring (bicyclic) bond motifs is 2. The van der Waals surface area contributed by atoms with E-state index in [1.165, 1.54) is 5.56 Å². The third kappa shape index (κ3) is 4.74. The lowest BCUT2D eigenvalue weighted by Gasteiger charge is -2.30. The summed E-state index contributed by atoms with van der Waals surface area (Å²) in [6.45, 7) is 5.95. The van der Waals surface area contributed by atoms with Gasteiger partial charge in [-0.25, -0.2) is 9.67 Å². The summed E-state index contributed by atoms with van der Waals surface area (Å²) < 4.78 is 1.76. The van der Waals surface area contributed by atoms with E-state index >= 15 is 0 Å². The summed E-state index contributed by atoms with van der Waals surface area (Å²) in [5.41, 5.74) is 7.42. The number of nitrogens with one attached hydrogen (secondary N) is 2. The lowest BCUT2D eigenvalue weighted by molar-refractivity contribution is -0.132. The molecule has 5 rings (SSSR count). The van der Waals surface area contributed by atoms with Gasteiger partial charge in [0, 0.05) is 37.7 Å². The number of carbonyl (C=O) groups is 1. The Balaban J connectivity index is 1.36. The molecule has 2 N–H and O–H groups in total. The zero-order valence-electron chi connectivity index (χ0n) is 21.5. The van der Waals surface area contributed by atoms with Gasteiger partial charge in [0.05, 0.1) is 11.9 Å². The van der Waals surface area contributed by atoms with Gasteiger partial charge in [-0.1, -0.05) is 24.3 Å². The molecule has 4 aromatic rings. The summed E-state index contributed by atoms with van der Waals surface area (Å²) in [4.78, 5) is 25.7. The Hall–Kier alpha value is -3.98. The summed E-state index contributed by atoms with van der Waals surface area (Å²) in [5.74, 6) is 1.38. The number of aryl methyl sites for hydroxylation is 3. The van der Waals surface area contributed by atoms with Crippen LogP contribution in [0, 0.1) is 13.8 Å². The Morgan fingerprint density at radius 3 is 2.61 bits per heavy atom. The topological polar surface area (TPSA) is 91.2 Å². The fourth-order valence-electron chi connectivity index (χ4n) is 4.67.